The molecule has 2 aromatic rings. The molecule has 0 bridgehead atoms. The summed E-state index contributed by atoms with van der Waals surface area (Å²) in [6.45, 7) is -0.349. The third-order valence-corrected chi connectivity index (χ3v) is 5.75. The molecule has 9 heteroatoms. The summed E-state index contributed by atoms with van der Waals surface area (Å²) in [6, 6.07) is 13.3. The Hall–Kier alpha value is -2.23. The lowest BCUT2D eigenvalue weighted by Crippen LogP contribution is -2.36. The summed E-state index contributed by atoms with van der Waals surface area (Å²) in [5.74, 6) is 0.170. The highest BCUT2D eigenvalue weighted by molar-refractivity contribution is 9.10. The van der Waals surface area contributed by atoms with Crippen molar-refractivity contribution in [3.05, 3.63) is 58.6 Å². The number of hydrogen-bond donors (Lipinski definition) is 1. The molecule has 0 aliphatic heterocycles. The lowest BCUT2D eigenvalue weighted by atomic mass is 10.2. The molecule has 0 radical (unpaired) electrons. The van der Waals surface area contributed by atoms with Crippen LogP contribution in [-0.2, 0) is 14.8 Å². The number of likely N-dealkylation sites (N-methyl/N-ethyl adjacent to an activating group) is 1. The van der Waals surface area contributed by atoms with Gasteiger partial charge in [0.25, 0.3) is 5.91 Å². The van der Waals surface area contributed by atoms with Crippen molar-refractivity contribution in [3.63, 3.8) is 0 Å². The molecule has 2 aromatic carbocycles. The fourth-order valence-corrected chi connectivity index (χ4v) is 3.37. The second-order valence-corrected chi connectivity index (χ2v) is 8.24. The molecule has 0 saturated heterocycles. The predicted molar refractivity (Wildman–Crippen MR) is 103 cm³/mol. The number of nitrogens with zero attached hydrogens (tertiary/aromatic N) is 2. The molecule has 0 aliphatic carbocycles. The molecule has 0 spiro atoms. The molecule has 0 unspecified atom stereocenters. The topological polar surface area (TPSA) is 88.1 Å². The molecular weight excluding hydrogens is 422 g/mol. The molecule has 0 saturated carbocycles. The van der Waals surface area contributed by atoms with Gasteiger partial charge in [0.2, 0.25) is 10.0 Å². The molecule has 0 heterocycles. The van der Waals surface area contributed by atoms with Crippen LogP contribution in [0.3, 0.4) is 0 Å². The standard InChI is InChI=1S/C17H18BrN3O4S/c1-21(26(23,24)16-9-5-14(18)6-10-16)12-17(22)20-19-11-13-3-7-15(25-2)8-4-13/h3-11H,12H2,1-2H3,(H,20,22)/b19-11-. The Balaban J connectivity index is 1.93. The van der Waals surface area contributed by atoms with Crippen LogP contribution in [0.25, 0.3) is 0 Å². The third kappa shape index (κ3) is 5.38. The summed E-state index contributed by atoms with van der Waals surface area (Å²) in [5, 5.41) is 3.82. The van der Waals surface area contributed by atoms with Crippen molar-refractivity contribution in [2.24, 2.45) is 5.10 Å². The maximum atomic E-state index is 12.4. The van der Waals surface area contributed by atoms with E-state index in [2.05, 4.69) is 26.5 Å². The van der Waals surface area contributed by atoms with Gasteiger partial charge in [-0.1, -0.05) is 15.9 Å². The van der Waals surface area contributed by atoms with E-state index in [1.54, 1.807) is 43.5 Å². The van der Waals surface area contributed by atoms with E-state index in [-0.39, 0.29) is 11.4 Å². The molecule has 0 aliphatic rings. The number of carbonyl (C=O) groups excluding carboxylic acids is 1. The number of carbonyl (C=O) groups is 1. The summed E-state index contributed by atoms with van der Waals surface area (Å²) < 4.78 is 31.6. The van der Waals surface area contributed by atoms with Crippen molar-refractivity contribution in [2.75, 3.05) is 20.7 Å². The lowest BCUT2D eigenvalue weighted by molar-refractivity contribution is -0.121. The number of hydrazone groups is 1. The van der Waals surface area contributed by atoms with Crippen molar-refractivity contribution in [3.8, 4) is 5.75 Å². The molecular formula is C17H18BrN3O4S. The lowest BCUT2D eigenvalue weighted by Gasteiger charge is -2.16. The SMILES string of the molecule is COc1ccc(/C=N\NC(=O)CN(C)S(=O)(=O)c2ccc(Br)cc2)cc1. The molecule has 7 nitrogen and oxygen atoms in total. The first-order valence-electron chi connectivity index (χ1n) is 7.51. The first kappa shape index (κ1) is 20.1. The van der Waals surface area contributed by atoms with Crippen molar-refractivity contribution in [2.45, 2.75) is 4.90 Å². The van der Waals surface area contributed by atoms with E-state index < -0.39 is 15.9 Å². The maximum absolute atomic E-state index is 12.4. The molecule has 0 fully saturated rings. The van der Waals surface area contributed by atoms with Crippen LogP contribution >= 0.6 is 15.9 Å². The third-order valence-electron chi connectivity index (χ3n) is 3.41. The van der Waals surface area contributed by atoms with E-state index in [9.17, 15) is 13.2 Å². The second-order valence-electron chi connectivity index (χ2n) is 5.28. The van der Waals surface area contributed by atoms with Crippen LogP contribution in [0.4, 0.5) is 0 Å². The van der Waals surface area contributed by atoms with Crippen LogP contribution in [0.1, 0.15) is 5.56 Å². The number of methoxy groups -OCH3 is 1. The van der Waals surface area contributed by atoms with Gasteiger partial charge in [0.05, 0.1) is 24.8 Å². The van der Waals surface area contributed by atoms with Gasteiger partial charge < -0.3 is 4.74 Å². The second kappa shape index (κ2) is 8.93. The van der Waals surface area contributed by atoms with Crippen LogP contribution in [0, 0.1) is 0 Å². The molecule has 1 N–H and O–H groups in total. The highest BCUT2D eigenvalue weighted by Crippen LogP contribution is 2.17. The van der Waals surface area contributed by atoms with E-state index in [1.165, 1.54) is 25.4 Å². The number of ether oxygens (including phenoxy) is 1. The van der Waals surface area contributed by atoms with Gasteiger partial charge in [0.1, 0.15) is 5.75 Å². The molecule has 0 aromatic heterocycles. The number of halogens is 1. The molecule has 0 atom stereocenters. The summed E-state index contributed by atoms with van der Waals surface area (Å²) in [7, 11) is -0.841. The fourth-order valence-electron chi connectivity index (χ4n) is 1.98. The van der Waals surface area contributed by atoms with E-state index in [0.29, 0.717) is 5.75 Å². The number of hydrogen-bond acceptors (Lipinski definition) is 5. The highest BCUT2D eigenvalue weighted by Gasteiger charge is 2.22. The van der Waals surface area contributed by atoms with Gasteiger partial charge in [0, 0.05) is 11.5 Å². The Kier molecular flexibility index (Phi) is 6.90. The van der Waals surface area contributed by atoms with E-state index in [1.807, 2.05) is 0 Å². The zero-order valence-electron chi connectivity index (χ0n) is 14.2. The average molecular weight is 440 g/mol. The Morgan fingerprint density at radius 1 is 1.19 bits per heavy atom. The zero-order chi connectivity index (χ0) is 19.2. The molecule has 26 heavy (non-hydrogen) atoms. The smallest absolute Gasteiger partial charge is 0.255 e. The van der Waals surface area contributed by atoms with Gasteiger partial charge in [-0.25, -0.2) is 13.8 Å². The van der Waals surface area contributed by atoms with Gasteiger partial charge in [-0.2, -0.15) is 9.41 Å². The first-order chi connectivity index (χ1) is 12.3. The van der Waals surface area contributed by atoms with Crippen LogP contribution in [0.5, 0.6) is 5.75 Å². The minimum absolute atomic E-state index is 0.109. The Bertz CT molecular complexity index is 881. The zero-order valence-corrected chi connectivity index (χ0v) is 16.6. The van der Waals surface area contributed by atoms with Crippen molar-refractivity contribution in [1.82, 2.24) is 9.73 Å². The van der Waals surface area contributed by atoms with Gasteiger partial charge in [0.15, 0.2) is 0 Å². The van der Waals surface area contributed by atoms with Crippen LogP contribution in [-0.4, -0.2) is 45.5 Å². The van der Waals surface area contributed by atoms with Crippen molar-refractivity contribution >= 4 is 38.1 Å². The number of amides is 1. The van der Waals surface area contributed by atoms with E-state index in [0.717, 1.165) is 14.3 Å². The van der Waals surface area contributed by atoms with Crippen LogP contribution in [0.2, 0.25) is 0 Å². The van der Waals surface area contributed by atoms with Crippen LogP contribution < -0.4 is 10.2 Å². The van der Waals surface area contributed by atoms with Gasteiger partial charge >= 0.3 is 0 Å². The van der Waals surface area contributed by atoms with Crippen molar-refractivity contribution in [1.29, 1.82) is 0 Å². The summed E-state index contributed by atoms with van der Waals surface area (Å²) >= 11 is 3.25. The Morgan fingerprint density at radius 2 is 1.81 bits per heavy atom. The quantitative estimate of drug-likeness (QED) is 0.529. The first-order valence-corrected chi connectivity index (χ1v) is 9.74. The monoisotopic (exact) mass is 439 g/mol. The number of rotatable bonds is 7. The van der Waals surface area contributed by atoms with Crippen molar-refractivity contribution < 1.29 is 17.9 Å². The Labute approximate surface area is 160 Å². The van der Waals surface area contributed by atoms with E-state index >= 15 is 0 Å². The number of benzene rings is 2. The van der Waals surface area contributed by atoms with Gasteiger partial charge in [-0.15, -0.1) is 0 Å². The number of sulfonamides is 1. The molecule has 138 valence electrons. The summed E-state index contributed by atoms with van der Waals surface area (Å²) in [5.41, 5.74) is 3.07. The van der Waals surface area contributed by atoms with E-state index in [4.69, 9.17) is 4.74 Å². The molecule has 1 amide bonds. The van der Waals surface area contributed by atoms with Gasteiger partial charge in [-0.05, 0) is 54.1 Å². The van der Waals surface area contributed by atoms with Gasteiger partial charge in [-0.3, -0.25) is 4.79 Å². The molecule has 2 rings (SSSR count). The fraction of sp³-hybridized carbons (Fsp3) is 0.176. The Morgan fingerprint density at radius 3 is 2.38 bits per heavy atom. The summed E-state index contributed by atoms with van der Waals surface area (Å²) in [6.07, 6.45) is 1.46. The number of nitrogens with one attached hydrogen (secondary N) is 1. The maximum Gasteiger partial charge on any atom is 0.255 e. The predicted octanol–water partition coefficient (Wildman–Crippen LogP) is 2.23. The largest absolute Gasteiger partial charge is 0.497 e. The summed E-state index contributed by atoms with van der Waals surface area (Å²) in [4.78, 5) is 12.0. The van der Waals surface area contributed by atoms with Crippen LogP contribution in [0.15, 0.2) is 63.0 Å². The highest BCUT2D eigenvalue weighted by atomic mass is 79.9. The average Bonchev–Trinajstić information content (AvgIpc) is 2.62. The minimum Gasteiger partial charge on any atom is -0.497 e. The minimum atomic E-state index is -3.75. The normalized spacial score (nSPS) is 11.7.